The van der Waals surface area contributed by atoms with Gasteiger partial charge in [0.1, 0.15) is 5.76 Å². The molecule has 1 saturated heterocycles. The van der Waals surface area contributed by atoms with Gasteiger partial charge in [-0.1, -0.05) is 0 Å². The number of nitrogens with one attached hydrogen (secondary N) is 2. The lowest BCUT2D eigenvalue weighted by atomic mass is 9.96. The summed E-state index contributed by atoms with van der Waals surface area (Å²) in [7, 11) is -2.49. The molecule has 1 aromatic heterocycles. The smallest absolute Gasteiger partial charge is 0.273 e. The third kappa shape index (κ3) is 4.39. The zero-order chi connectivity index (χ0) is 18.6. The van der Waals surface area contributed by atoms with Gasteiger partial charge in [-0.3, -0.25) is 9.59 Å². The first kappa shape index (κ1) is 19.4. The molecule has 10 heteroatoms. The van der Waals surface area contributed by atoms with Gasteiger partial charge in [-0.05, 0) is 26.8 Å². The number of carbonyl (C=O) groups is 2. The van der Waals surface area contributed by atoms with Crippen molar-refractivity contribution in [3.63, 3.8) is 0 Å². The van der Waals surface area contributed by atoms with Crippen LogP contribution in [0, 0.1) is 12.8 Å². The van der Waals surface area contributed by atoms with E-state index in [0.717, 1.165) is 0 Å². The molecular weight excluding hydrogens is 348 g/mol. The summed E-state index contributed by atoms with van der Waals surface area (Å²) in [6.07, 6.45) is 1.40. The van der Waals surface area contributed by atoms with E-state index in [1.54, 1.807) is 4.90 Å². The SMILES string of the molecule is CNS(=O)(=O)c1cc(C(=O)N2CCCC(C(=O)NCCN)C2)c(C)o1. The molecule has 25 heavy (non-hydrogen) atoms. The topological polar surface area (TPSA) is 135 Å². The van der Waals surface area contributed by atoms with Crippen LogP contribution in [0.5, 0.6) is 0 Å². The first-order chi connectivity index (χ1) is 11.8. The highest BCUT2D eigenvalue weighted by molar-refractivity contribution is 7.89. The van der Waals surface area contributed by atoms with E-state index in [2.05, 4.69) is 10.0 Å². The number of hydrogen-bond acceptors (Lipinski definition) is 6. The number of rotatable bonds is 6. The molecule has 0 radical (unpaired) electrons. The van der Waals surface area contributed by atoms with Crippen LogP contribution in [0.4, 0.5) is 0 Å². The fourth-order valence-electron chi connectivity index (χ4n) is 2.79. The average Bonchev–Trinajstić information content (AvgIpc) is 3.01. The summed E-state index contributed by atoms with van der Waals surface area (Å²) in [5.74, 6) is -0.522. The molecule has 9 nitrogen and oxygen atoms in total. The molecule has 1 aliphatic heterocycles. The molecule has 140 valence electrons. The lowest BCUT2D eigenvalue weighted by Gasteiger charge is -2.32. The molecule has 2 amide bonds. The van der Waals surface area contributed by atoms with Gasteiger partial charge in [0.15, 0.2) is 0 Å². The minimum Gasteiger partial charge on any atom is -0.448 e. The minimum absolute atomic E-state index is 0.120. The molecule has 0 bridgehead atoms. The maximum absolute atomic E-state index is 12.7. The number of furan rings is 1. The van der Waals surface area contributed by atoms with E-state index in [4.69, 9.17) is 10.2 Å². The van der Waals surface area contributed by atoms with E-state index in [9.17, 15) is 18.0 Å². The predicted molar refractivity (Wildman–Crippen MR) is 90.4 cm³/mol. The normalized spacial score (nSPS) is 18.2. The van der Waals surface area contributed by atoms with Crippen molar-refractivity contribution in [2.45, 2.75) is 24.9 Å². The fraction of sp³-hybridized carbons (Fsp3) is 0.600. The molecule has 0 aromatic carbocycles. The largest absolute Gasteiger partial charge is 0.448 e. The van der Waals surface area contributed by atoms with Crippen molar-refractivity contribution in [3.8, 4) is 0 Å². The Balaban J connectivity index is 2.14. The van der Waals surface area contributed by atoms with E-state index in [0.29, 0.717) is 32.5 Å². The van der Waals surface area contributed by atoms with Gasteiger partial charge in [-0.2, -0.15) is 0 Å². The molecule has 2 rings (SSSR count). The summed E-state index contributed by atoms with van der Waals surface area (Å²) in [6, 6.07) is 1.22. The maximum Gasteiger partial charge on any atom is 0.273 e. The second-order valence-electron chi connectivity index (χ2n) is 5.91. The number of amides is 2. The van der Waals surface area contributed by atoms with E-state index >= 15 is 0 Å². The van der Waals surface area contributed by atoms with Gasteiger partial charge in [0.05, 0.1) is 11.5 Å². The summed E-state index contributed by atoms with van der Waals surface area (Å²) in [6.45, 7) is 3.09. The highest BCUT2D eigenvalue weighted by Crippen LogP contribution is 2.23. The first-order valence-electron chi connectivity index (χ1n) is 8.11. The van der Waals surface area contributed by atoms with Gasteiger partial charge < -0.3 is 20.4 Å². The second-order valence-corrected chi connectivity index (χ2v) is 7.73. The molecule has 1 fully saturated rings. The number of nitrogens with two attached hydrogens (primary N) is 1. The van der Waals surface area contributed by atoms with E-state index in [1.807, 2.05) is 0 Å². The Morgan fingerprint density at radius 1 is 1.44 bits per heavy atom. The number of nitrogens with zero attached hydrogens (tertiary/aromatic N) is 1. The van der Waals surface area contributed by atoms with Crippen molar-refractivity contribution in [2.24, 2.45) is 11.7 Å². The molecule has 4 N–H and O–H groups in total. The average molecular weight is 372 g/mol. The number of carbonyl (C=O) groups excluding carboxylic acids is 2. The van der Waals surface area contributed by atoms with Gasteiger partial charge in [0.25, 0.3) is 15.9 Å². The molecule has 1 atom stereocenters. The van der Waals surface area contributed by atoms with Crippen molar-refractivity contribution in [1.29, 1.82) is 0 Å². The van der Waals surface area contributed by atoms with Crippen molar-refractivity contribution in [3.05, 3.63) is 17.4 Å². The molecule has 0 spiro atoms. The number of aryl methyl sites for hydroxylation is 1. The van der Waals surface area contributed by atoms with Crippen molar-refractivity contribution >= 4 is 21.8 Å². The Morgan fingerprint density at radius 3 is 2.80 bits per heavy atom. The van der Waals surface area contributed by atoms with Crippen LogP contribution in [0.2, 0.25) is 0 Å². The maximum atomic E-state index is 12.7. The first-order valence-corrected chi connectivity index (χ1v) is 9.59. The predicted octanol–water partition coefficient (Wildman–Crippen LogP) is -0.577. The zero-order valence-electron chi connectivity index (χ0n) is 14.4. The summed E-state index contributed by atoms with van der Waals surface area (Å²) in [5, 5.41) is 2.44. The molecule has 1 aliphatic rings. The third-order valence-corrected chi connectivity index (χ3v) is 5.45. The van der Waals surface area contributed by atoms with Crippen LogP contribution in [0.3, 0.4) is 0 Å². The van der Waals surface area contributed by atoms with Gasteiger partial charge in [-0.25, -0.2) is 13.1 Å². The number of sulfonamides is 1. The summed E-state index contributed by atoms with van der Waals surface area (Å²) in [4.78, 5) is 26.4. The number of hydrogen-bond donors (Lipinski definition) is 3. The number of piperidine rings is 1. The quantitative estimate of drug-likeness (QED) is 0.612. The second kappa shape index (κ2) is 7.98. The lowest BCUT2D eigenvalue weighted by Crippen LogP contribution is -2.46. The van der Waals surface area contributed by atoms with Crippen molar-refractivity contribution < 1.29 is 22.4 Å². The van der Waals surface area contributed by atoms with Crippen LogP contribution in [0.15, 0.2) is 15.6 Å². The van der Waals surface area contributed by atoms with Crippen molar-refractivity contribution in [1.82, 2.24) is 14.9 Å². The monoisotopic (exact) mass is 372 g/mol. The van der Waals surface area contributed by atoms with Crippen LogP contribution in [0.1, 0.15) is 29.0 Å². The van der Waals surface area contributed by atoms with Crippen molar-refractivity contribution in [2.75, 3.05) is 33.2 Å². The summed E-state index contributed by atoms with van der Waals surface area (Å²) >= 11 is 0. The summed E-state index contributed by atoms with van der Waals surface area (Å²) in [5.41, 5.74) is 5.57. The van der Waals surface area contributed by atoms with Crippen LogP contribution in [-0.4, -0.2) is 58.4 Å². The van der Waals surface area contributed by atoms with Gasteiger partial charge >= 0.3 is 0 Å². The Bertz CT molecular complexity index is 743. The molecule has 0 aliphatic carbocycles. The minimum atomic E-state index is -3.76. The van der Waals surface area contributed by atoms with Crippen LogP contribution in [-0.2, 0) is 14.8 Å². The van der Waals surface area contributed by atoms with Crippen LogP contribution in [0.25, 0.3) is 0 Å². The third-order valence-electron chi connectivity index (χ3n) is 4.18. The van der Waals surface area contributed by atoms with Crippen LogP contribution < -0.4 is 15.8 Å². The molecule has 1 unspecified atom stereocenters. The Kier molecular flexibility index (Phi) is 6.20. The standard InChI is InChI=1S/C15H24N4O5S/c1-10-12(8-13(24-10)25(22,23)17-2)15(21)19-7-3-4-11(9-19)14(20)18-6-5-16/h8,11,17H,3-7,9,16H2,1-2H3,(H,18,20). The highest BCUT2D eigenvalue weighted by atomic mass is 32.2. The zero-order valence-corrected chi connectivity index (χ0v) is 15.2. The Morgan fingerprint density at radius 2 is 2.16 bits per heavy atom. The molecule has 0 saturated carbocycles. The Hall–Kier alpha value is -1.91. The van der Waals surface area contributed by atoms with Gasteiger partial charge in [-0.15, -0.1) is 0 Å². The summed E-state index contributed by atoms with van der Waals surface area (Å²) < 4.78 is 31.0. The molecule has 1 aromatic rings. The molecular formula is C15H24N4O5S. The van der Waals surface area contributed by atoms with Gasteiger partial charge in [0, 0.05) is 32.2 Å². The van der Waals surface area contributed by atoms with Crippen LogP contribution >= 0.6 is 0 Å². The Labute approximate surface area is 147 Å². The van der Waals surface area contributed by atoms with E-state index in [-0.39, 0.29) is 40.7 Å². The number of likely N-dealkylation sites (tertiary alicyclic amines) is 1. The van der Waals surface area contributed by atoms with E-state index < -0.39 is 10.0 Å². The molecule has 2 heterocycles. The van der Waals surface area contributed by atoms with E-state index in [1.165, 1.54) is 20.0 Å². The highest BCUT2D eigenvalue weighted by Gasteiger charge is 2.31. The fourth-order valence-corrected chi connectivity index (χ4v) is 3.49. The lowest BCUT2D eigenvalue weighted by molar-refractivity contribution is -0.126. The van der Waals surface area contributed by atoms with Gasteiger partial charge in [0.2, 0.25) is 11.0 Å².